The first-order valence-electron chi connectivity index (χ1n) is 11.6. The van der Waals surface area contributed by atoms with Crippen LogP contribution in [0.2, 0.25) is 5.02 Å². The predicted molar refractivity (Wildman–Crippen MR) is 122 cm³/mol. The van der Waals surface area contributed by atoms with Crippen LogP contribution in [0.4, 0.5) is 13.2 Å². The number of likely N-dealkylation sites (tertiary alicyclic amines) is 1. The molecule has 180 valence electrons. The van der Waals surface area contributed by atoms with E-state index >= 15 is 0 Å². The summed E-state index contributed by atoms with van der Waals surface area (Å²) in [5.41, 5.74) is 1.08. The first-order valence-corrected chi connectivity index (χ1v) is 11.9. The summed E-state index contributed by atoms with van der Waals surface area (Å²) < 4.78 is 44.8. The zero-order valence-corrected chi connectivity index (χ0v) is 19.3. The maximum absolute atomic E-state index is 12.9. The number of hydrogen-bond donors (Lipinski definition) is 1. The molecule has 1 aliphatic carbocycles. The van der Waals surface area contributed by atoms with Crippen LogP contribution >= 0.6 is 11.6 Å². The zero-order chi connectivity index (χ0) is 23.8. The normalized spacial score (nSPS) is 24.0. The van der Waals surface area contributed by atoms with Crippen LogP contribution < -0.4 is 4.74 Å². The molecule has 2 fully saturated rings. The van der Waals surface area contributed by atoms with Gasteiger partial charge in [-0.3, -0.25) is 9.69 Å². The number of fused-ring (bicyclic) bond motifs is 1. The molecule has 8 heteroatoms. The summed E-state index contributed by atoms with van der Waals surface area (Å²) in [7, 11) is 0. The maximum Gasteiger partial charge on any atom is 0.391 e. The van der Waals surface area contributed by atoms with Crippen molar-refractivity contribution >= 4 is 28.3 Å². The second-order valence-corrected chi connectivity index (χ2v) is 9.69. The van der Waals surface area contributed by atoms with Gasteiger partial charge in [0, 0.05) is 11.4 Å². The van der Waals surface area contributed by atoms with E-state index in [1.807, 2.05) is 18.2 Å². The van der Waals surface area contributed by atoms with E-state index in [1.54, 1.807) is 6.07 Å². The quantitative estimate of drug-likeness (QED) is 0.505. The van der Waals surface area contributed by atoms with E-state index in [0.717, 1.165) is 29.4 Å². The molecule has 0 bridgehead atoms. The molecule has 2 aromatic rings. The van der Waals surface area contributed by atoms with Gasteiger partial charge in [-0.05, 0) is 81.6 Å². The Balaban J connectivity index is 1.47. The van der Waals surface area contributed by atoms with Crippen LogP contribution in [0.1, 0.15) is 57.1 Å². The van der Waals surface area contributed by atoms with Crippen molar-refractivity contribution in [3.8, 4) is 5.75 Å². The van der Waals surface area contributed by atoms with E-state index in [9.17, 15) is 23.1 Å². The third-order valence-corrected chi connectivity index (χ3v) is 7.67. The second kappa shape index (κ2) is 9.71. The molecule has 0 aromatic heterocycles. The molecule has 1 atom stereocenters. The summed E-state index contributed by atoms with van der Waals surface area (Å²) in [6, 6.07) is 9.94. The minimum atomic E-state index is -4.14. The fourth-order valence-electron chi connectivity index (χ4n) is 5.06. The Hall–Kier alpha value is -1.99. The van der Waals surface area contributed by atoms with Gasteiger partial charge in [0.2, 0.25) is 0 Å². The first kappa shape index (κ1) is 24.1. The third kappa shape index (κ3) is 5.40. The number of hydrogen-bond acceptors (Lipinski definition) is 3. The van der Waals surface area contributed by atoms with Crippen LogP contribution in [0, 0.1) is 11.8 Å². The maximum atomic E-state index is 12.9. The molecule has 4 rings (SSSR count). The van der Waals surface area contributed by atoms with Crippen molar-refractivity contribution < 1.29 is 27.8 Å². The number of rotatable bonds is 5. The smallest absolute Gasteiger partial charge is 0.391 e. The molecule has 1 N–H and O–H groups in total. The van der Waals surface area contributed by atoms with Crippen molar-refractivity contribution in [2.45, 2.75) is 63.8 Å². The number of benzene rings is 2. The number of alkyl halides is 3. The molecule has 2 aromatic carbocycles. The van der Waals surface area contributed by atoms with Crippen molar-refractivity contribution in [3.63, 3.8) is 0 Å². The van der Waals surface area contributed by atoms with Gasteiger partial charge in [0.25, 0.3) is 0 Å². The molecule has 2 aliphatic rings. The summed E-state index contributed by atoms with van der Waals surface area (Å²) in [5.74, 6) is -1.73. The van der Waals surface area contributed by atoms with Crippen molar-refractivity contribution in [2.75, 3.05) is 13.1 Å². The number of carboxylic acid groups (broad SMARTS) is 1. The van der Waals surface area contributed by atoms with Crippen LogP contribution in [-0.2, 0) is 4.79 Å². The van der Waals surface area contributed by atoms with Crippen molar-refractivity contribution in [3.05, 3.63) is 40.9 Å². The lowest BCUT2D eigenvalue weighted by Crippen LogP contribution is -2.37. The van der Waals surface area contributed by atoms with Gasteiger partial charge in [-0.2, -0.15) is 13.2 Å². The van der Waals surface area contributed by atoms with Gasteiger partial charge < -0.3 is 9.84 Å². The zero-order valence-electron chi connectivity index (χ0n) is 18.6. The summed E-state index contributed by atoms with van der Waals surface area (Å²) in [5, 5.41) is 11.5. The molecule has 33 heavy (non-hydrogen) atoms. The molecular weight excluding hydrogens is 455 g/mol. The SMILES string of the molecule is CC(c1ccc2ccc(O[C@H]3CC[C@@H](C(F)(F)F)CC3)c(Cl)c2c1)N1CCC(C(=O)O)CC1. The summed E-state index contributed by atoms with van der Waals surface area (Å²) in [6.45, 7) is 3.57. The van der Waals surface area contributed by atoms with Crippen molar-refractivity contribution in [1.29, 1.82) is 0 Å². The number of carbonyl (C=O) groups is 1. The summed E-state index contributed by atoms with van der Waals surface area (Å²) in [4.78, 5) is 13.5. The Morgan fingerprint density at radius 3 is 2.33 bits per heavy atom. The van der Waals surface area contributed by atoms with Gasteiger partial charge in [-0.1, -0.05) is 29.8 Å². The highest BCUT2D eigenvalue weighted by Crippen LogP contribution is 2.41. The van der Waals surface area contributed by atoms with E-state index in [-0.39, 0.29) is 30.9 Å². The number of piperidine rings is 1. The molecule has 0 spiro atoms. The molecule has 4 nitrogen and oxygen atoms in total. The van der Waals surface area contributed by atoms with Crippen molar-refractivity contribution in [2.24, 2.45) is 11.8 Å². The van der Waals surface area contributed by atoms with Crippen LogP contribution in [0.25, 0.3) is 10.8 Å². The third-order valence-electron chi connectivity index (χ3n) is 7.28. The standard InChI is InChI=1S/C25H29ClF3NO3/c1-15(30-12-10-17(11-13-30)24(31)32)18-3-2-16-4-9-22(23(26)21(16)14-18)33-20-7-5-19(6-8-20)25(27,28)29/h2-4,9,14-15,17,19-20H,5-8,10-13H2,1H3,(H,31,32)/t15?,19-,20+. The minimum Gasteiger partial charge on any atom is -0.489 e. The Labute approximate surface area is 196 Å². The van der Waals surface area contributed by atoms with Gasteiger partial charge in [-0.25, -0.2) is 0 Å². The van der Waals surface area contributed by atoms with E-state index in [1.165, 1.54) is 0 Å². The number of halogens is 4. The average Bonchev–Trinajstić information content (AvgIpc) is 2.80. The highest BCUT2D eigenvalue weighted by atomic mass is 35.5. The fourth-order valence-corrected chi connectivity index (χ4v) is 5.33. The van der Waals surface area contributed by atoms with Crippen LogP contribution in [0.3, 0.4) is 0 Å². The van der Waals surface area contributed by atoms with Crippen LogP contribution in [0.5, 0.6) is 5.75 Å². The van der Waals surface area contributed by atoms with Crippen molar-refractivity contribution in [1.82, 2.24) is 4.90 Å². The molecular formula is C25H29ClF3NO3. The Morgan fingerprint density at radius 2 is 1.73 bits per heavy atom. The summed E-state index contributed by atoms with van der Waals surface area (Å²) in [6.07, 6.45) is -2.23. The number of nitrogens with zero attached hydrogens (tertiary/aromatic N) is 1. The minimum absolute atomic E-state index is 0.0829. The van der Waals surface area contributed by atoms with Gasteiger partial charge in [0.05, 0.1) is 23.0 Å². The van der Waals surface area contributed by atoms with Gasteiger partial charge >= 0.3 is 12.1 Å². The predicted octanol–water partition coefficient (Wildman–Crippen LogP) is 6.85. The van der Waals surface area contributed by atoms with Gasteiger partial charge in [-0.15, -0.1) is 0 Å². The Kier molecular flexibility index (Phi) is 7.10. The fraction of sp³-hybridized carbons (Fsp3) is 0.560. The highest BCUT2D eigenvalue weighted by Gasteiger charge is 2.41. The second-order valence-electron chi connectivity index (χ2n) is 9.32. The number of ether oxygens (including phenoxy) is 1. The van der Waals surface area contributed by atoms with E-state index in [0.29, 0.717) is 36.5 Å². The molecule has 1 aliphatic heterocycles. The first-order chi connectivity index (χ1) is 15.6. The Morgan fingerprint density at radius 1 is 1.09 bits per heavy atom. The van der Waals surface area contributed by atoms with E-state index in [2.05, 4.69) is 17.9 Å². The molecule has 0 amide bonds. The molecule has 1 saturated carbocycles. The molecule has 1 unspecified atom stereocenters. The van der Waals surface area contributed by atoms with E-state index in [4.69, 9.17) is 16.3 Å². The topological polar surface area (TPSA) is 49.8 Å². The lowest BCUT2D eigenvalue weighted by molar-refractivity contribution is -0.185. The van der Waals surface area contributed by atoms with Gasteiger partial charge in [0.1, 0.15) is 5.75 Å². The van der Waals surface area contributed by atoms with Crippen LogP contribution in [-0.4, -0.2) is 41.3 Å². The lowest BCUT2D eigenvalue weighted by Gasteiger charge is -2.35. The van der Waals surface area contributed by atoms with E-state index < -0.39 is 18.1 Å². The lowest BCUT2D eigenvalue weighted by atomic mass is 9.87. The molecule has 0 radical (unpaired) electrons. The average molecular weight is 484 g/mol. The monoisotopic (exact) mass is 483 g/mol. The Bertz CT molecular complexity index is 996. The summed E-state index contributed by atoms with van der Waals surface area (Å²) >= 11 is 6.69. The largest absolute Gasteiger partial charge is 0.489 e. The number of carboxylic acids is 1. The highest BCUT2D eigenvalue weighted by molar-refractivity contribution is 6.37. The number of aliphatic carboxylic acids is 1. The molecule has 1 saturated heterocycles. The molecule has 1 heterocycles. The van der Waals surface area contributed by atoms with Gasteiger partial charge in [0.15, 0.2) is 0 Å². The van der Waals surface area contributed by atoms with Crippen LogP contribution in [0.15, 0.2) is 30.3 Å².